The van der Waals surface area contributed by atoms with Gasteiger partial charge in [-0.15, -0.1) is 0 Å². The Kier molecular flexibility index (Phi) is 3.61. The summed E-state index contributed by atoms with van der Waals surface area (Å²) in [7, 11) is -3.18. The van der Waals surface area contributed by atoms with Gasteiger partial charge < -0.3 is 5.32 Å². The summed E-state index contributed by atoms with van der Waals surface area (Å²) in [6.45, 7) is 0.702. The molecule has 0 unspecified atom stereocenters. The summed E-state index contributed by atoms with van der Waals surface area (Å²) in [5.74, 6) is 0.655. The average Bonchev–Trinajstić information content (AvgIpc) is 2.82. The van der Waals surface area contributed by atoms with Crippen LogP contribution in [0.4, 0.5) is 5.82 Å². The molecular weight excluding hydrogens is 252 g/mol. The summed E-state index contributed by atoms with van der Waals surface area (Å²) < 4.78 is 22.5. The average molecular weight is 266 g/mol. The van der Waals surface area contributed by atoms with Crippen molar-refractivity contribution in [3.63, 3.8) is 0 Å². The molecule has 6 nitrogen and oxygen atoms in total. The van der Waals surface area contributed by atoms with Gasteiger partial charge in [-0.05, 0) is 18.2 Å². The van der Waals surface area contributed by atoms with Crippen molar-refractivity contribution >= 4 is 15.7 Å². The van der Waals surface area contributed by atoms with Crippen molar-refractivity contribution in [3.8, 4) is 0 Å². The lowest BCUT2D eigenvalue weighted by Crippen LogP contribution is -2.07. The van der Waals surface area contributed by atoms with E-state index in [0.29, 0.717) is 12.4 Å². The number of aromatic amines is 1. The number of pyridine rings is 1. The second-order valence-corrected chi connectivity index (χ2v) is 5.93. The van der Waals surface area contributed by atoms with E-state index in [4.69, 9.17) is 0 Å². The van der Waals surface area contributed by atoms with Crippen LogP contribution in [0.1, 0.15) is 5.69 Å². The van der Waals surface area contributed by atoms with E-state index in [9.17, 15) is 8.42 Å². The van der Waals surface area contributed by atoms with Crippen LogP contribution in [0.5, 0.6) is 0 Å². The van der Waals surface area contributed by atoms with Crippen molar-refractivity contribution in [2.75, 3.05) is 18.1 Å². The molecule has 2 aromatic rings. The molecule has 18 heavy (non-hydrogen) atoms. The first kappa shape index (κ1) is 12.6. The Morgan fingerprint density at radius 1 is 1.33 bits per heavy atom. The highest BCUT2D eigenvalue weighted by Crippen LogP contribution is 2.10. The maximum Gasteiger partial charge on any atom is 0.177 e. The maximum atomic E-state index is 11.2. The lowest BCUT2D eigenvalue weighted by Gasteiger charge is -2.05. The molecule has 2 aromatic heterocycles. The van der Waals surface area contributed by atoms with Crippen LogP contribution in [0.25, 0.3) is 0 Å². The number of nitrogens with zero attached hydrogens (tertiary/aromatic N) is 2. The third-order valence-electron chi connectivity index (χ3n) is 2.42. The summed E-state index contributed by atoms with van der Waals surface area (Å²) >= 11 is 0. The van der Waals surface area contributed by atoms with E-state index in [1.54, 1.807) is 18.3 Å². The first-order valence-electron chi connectivity index (χ1n) is 5.44. The summed E-state index contributed by atoms with van der Waals surface area (Å²) in [5.41, 5.74) is 1.04. The molecule has 0 aliphatic carbocycles. The highest BCUT2D eigenvalue weighted by Gasteiger charge is 2.06. The van der Waals surface area contributed by atoms with Gasteiger partial charge in [-0.2, -0.15) is 5.10 Å². The zero-order valence-electron chi connectivity index (χ0n) is 9.92. The Labute approximate surface area is 105 Å². The van der Waals surface area contributed by atoms with Gasteiger partial charge in [0.1, 0.15) is 5.82 Å². The fourth-order valence-corrected chi connectivity index (χ4v) is 2.01. The Morgan fingerprint density at radius 2 is 2.17 bits per heavy atom. The van der Waals surface area contributed by atoms with Crippen LogP contribution < -0.4 is 5.32 Å². The minimum absolute atomic E-state index is 0.224. The zero-order chi connectivity index (χ0) is 13.0. The molecule has 2 N–H and O–H groups in total. The first-order valence-corrected chi connectivity index (χ1v) is 7.33. The SMILES string of the molecule is CS(=O)(=O)c1ccc(NCCc2ccn[nH]2)nc1. The summed E-state index contributed by atoms with van der Waals surface area (Å²) in [6, 6.07) is 5.10. The minimum Gasteiger partial charge on any atom is -0.370 e. The Hall–Kier alpha value is -1.89. The van der Waals surface area contributed by atoms with Crippen molar-refractivity contribution < 1.29 is 8.42 Å². The maximum absolute atomic E-state index is 11.2. The van der Waals surface area contributed by atoms with Crippen LogP contribution in [0, 0.1) is 0 Å². The summed E-state index contributed by atoms with van der Waals surface area (Å²) in [6.07, 6.45) is 5.02. The Morgan fingerprint density at radius 3 is 2.72 bits per heavy atom. The number of sulfone groups is 1. The monoisotopic (exact) mass is 266 g/mol. The fraction of sp³-hybridized carbons (Fsp3) is 0.273. The first-order chi connectivity index (χ1) is 8.55. The Bertz CT molecular complexity index is 590. The topological polar surface area (TPSA) is 87.7 Å². The third kappa shape index (κ3) is 3.30. The minimum atomic E-state index is -3.18. The lowest BCUT2D eigenvalue weighted by atomic mass is 10.3. The molecule has 96 valence electrons. The smallest absolute Gasteiger partial charge is 0.177 e. The molecule has 0 atom stereocenters. The van der Waals surface area contributed by atoms with Gasteiger partial charge >= 0.3 is 0 Å². The molecule has 0 bridgehead atoms. The van der Waals surface area contributed by atoms with Crippen molar-refractivity contribution in [3.05, 3.63) is 36.3 Å². The van der Waals surface area contributed by atoms with Gasteiger partial charge in [0.05, 0.1) is 4.90 Å². The van der Waals surface area contributed by atoms with E-state index in [1.165, 1.54) is 6.20 Å². The molecule has 0 aliphatic rings. The standard InChI is InChI=1S/C11H14N4O2S/c1-18(16,17)10-2-3-11(13-8-10)12-6-4-9-5-7-14-15-9/h2-3,5,7-8H,4,6H2,1H3,(H,12,13)(H,14,15). The molecule has 2 heterocycles. The fourth-order valence-electron chi connectivity index (χ4n) is 1.45. The highest BCUT2D eigenvalue weighted by molar-refractivity contribution is 7.90. The molecule has 7 heteroatoms. The van der Waals surface area contributed by atoms with Crippen LogP contribution in [-0.2, 0) is 16.3 Å². The Balaban J connectivity index is 1.91. The molecule has 0 fully saturated rings. The quantitative estimate of drug-likeness (QED) is 0.838. The number of anilines is 1. The van der Waals surface area contributed by atoms with Gasteiger partial charge in [0, 0.05) is 37.3 Å². The van der Waals surface area contributed by atoms with E-state index in [1.807, 2.05) is 6.07 Å². The molecule has 0 saturated carbocycles. The number of H-pyrrole nitrogens is 1. The van der Waals surface area contributed by atoms with E-state index in [0.717, 1.165) is 18.4 Å². The van der Waals surface area contributed by atoms with Gasteiger partial charge in [0.15, 0.2) is 9.84 Å². The summed E-state index contributed by atoms with van der Waals surface area (Å²) in [5, 5.41) is 9.82. The molecule has 0 aromatic carbocycles. The van der Waals surface area contributed by atoms with Crippen LogP contribution in [-0.4, -0.2) is 36.4 Å². The molecule has 0 saturated heterocycles. The number of rotatable bonds is 5. The molecule has 0 radical (unpaired) electrons. The van der Waals surface area contributed by atoms with Crippen LogP contribution in [0.2, 0.25) is 0 Å². The number of aromatic nitrogens is 3. The van der Waals surface area contributed by atoms with Crippen molar-refractivity contribution in [2.45, 2.75) is 11.3 Å². The van der Waals surface area contributed by atoms with E-state index < -0.39 is 9.84 Å². The number of hydrogen-bond donors (Lipinski definition) is 2. The number of hydrogen-bond acceptors (Lipinski definition) is 5. The zero-order valence-corrected chi connectivity index (χ0v) is 10.7. The molecule has 2 rings (SSSR count). The van der Waals surface area contributed by atoms with Gasteiger partial charge in [-0.25, -0.2) is 13.4 Å². The van der Waals surface area contributed by atoms with Crippen LogP contribution in [0.3, 0.4) is 0 Å². The second kappa shape index (κ2) is 5.18. The molecule has 0 spiro atoms. The van der Waals surface area contributed by atoms with E-state index in [2.05, 4.69) is 20.5 Å². The normalized spacial score (nSPS) is 11.4. The number of nitrogens with one attached hydrogen (secondary N) is 2. The molecule has 0 amide bonds. The summed E-state index contributed by atoms with van der Waals surface area (Å²) in [4.78, 5) is 4.27. The van der Waals surface area contributed by atoms with Crippen molar-refractivity contribution in [1.82, 2.24) is 15.2 Å². The van der Waals surface area contributed by atoms with Crippen LogP contribution >= 0.6 is 0 Å². The van der Waals surface area contributed by atoms with E-state index in [-0.39, 0.29) is 4.90 Å². The van der Waals surface area contributed by atoms with Gasteiger partial charge in [-0.3, -0.25) is 5.10 Å². The molecular formula is C11H14N4O2S. The van der Waals surface area contributed by atoms with Gasteiger partial charge in [-0.1, -0.05) is 0 Å². The van der Waals surface area contributed by atoms with Crippen molar-refractivity contribution in [2.24, 2.45) is 0 Å². The van der Waals surface area contributed by atoms with Crippen LogP contribution in [0.15, 0.2) is 35.5 Å². The third-order valence-corrected chi connectivity index (χ3v) is 3.52. The van der Waals surface area contributed by atoms with Gasteiger partial charge in [0.2, 0.25) is 0 Å². The largest absolute Gasteiger partial charge is 0.370 e. The highest BCUT2D eigenvalue weighted by atomic mass is 32.2. The van der Waals surface area contributed by atoms with E-state index >= 15 is 0 Å². The van der Waals surface area contributed by atoms with Gasteiger partial charge in [0.25, 0.3) is 0 Å². The lowest BCUT2D eigenvalue weighted by molar-refractivity contribution is 0.601. The predicted molar refractivity (Wildman–Crippen MR) is 68.1 cm³/mol. The predicted octanol–water partition coefficient (Wildman–Crippen LogP) is 0.863. The second-order valence-electron chi connectivity index (χ2n) is 3.91. The van der Waals surface area contributed by atoms with Crippen molar-refractivity contribution in [1.29, 1.82) is 0 Å². The molecule has 0 aliphatic heterocycles.